The van der Waals surface area contributed by atoms with Crippen molar-refractivity contribution in [3.8, 4) is 5.75 Å². The van der Waals surface area contributed by atoms with Crippen molar-refractivity contribution in [1.29, 1.82) is 0 Å². The summed E-state index contributed by atoms with van der Waals surface area (Å²) in [4.78, 5) is 18.4. The molecular formula is C28H33N3O2S. The maximum Gasteiger partial charge on any atom is 0.254 e. The fourth-order valence-electron chi connectivity index (χ4n) is 4.07. The Morgan fingerprint density at radius 3 is 2.29 bits per heavy atom. The largest absolute Gasteiger partial charge is 0.495 e. The van der Waals surface area contributed by atoms with Gasteiger partial charge in [0.2, 0.25) is 0 Å². The lowest BCUT2D eigenvalue weighted by Crippen LogP contribution is -2.48. The molecule has 5 nitrogen and oxygen atoms in total. The average Bonchev–Trinajstić information content (AvgIpc) is 2.87. The summed E-state index contributed by atoms with van der Waals surface area (Å²) in [6.45, 7) is 9.58. The lowest BCUT2D eigenvalue weighted by molar-refractivity contribution is 0.0746. The van der Waals surface area contributed by atoms with Gasteiger partial charge in [-0.2, -0.15) is 0 Å². The van der Waals surface area contributed by atoms with Gasteiger partial charge in [-0.25, -0.2) is 0 Å². The van der Waals surface area contributed by atoms with Gasteiger partial charge in [0, 0.05) is 42.3 Å². The normalized spacial score (nSPS) is 14.1. The molecule has 0 saturated carbocycles. The van der Waals surface area contributed by atoms with E-state index in [1.165, 1.54) is 17.5 Å². The molecule has 3 aromatic rings. The number of hydrogen-bond donors (Lipinski definition) is 1. The van der Waals surface area contributed by atoms with E-state index in [4.69, 9.17) is 4.74 Å². The first kappa shape index (κ1) is 24.0. The van der Waals surface area contributed by atoms with Crippen molar-refractivity contribution in [2.24, 2.45) is 0 Å². The highest BCUT2D eigenvalue weighted by Crippen LogP contribution is 2.29. The second kappa shape index (κ2) is 10.4. The second-order valence-corrected chi connectivity index (χ2v) is 10.4. The predicted octanol–water partition coefficient (Wildman–Crippen LogP) is 6.07. The molecule has 1 amide bonds. The first-order chi connectivity index (χ1) is 16.3. The number of carbonyl (C=O) groups excluding carboxylic acids is 1. The van der Waals surface area contributed by atoms with Crippen LogP contribution in [0.3, 0.4) is 0 Å². The van der Waals surface area contributed by atoms with Crippen molar-refractivity contribution in [3.63, 3.8) is 0 Å². The van der Waals surface area contributed by atoms with Gasteiger partial charge in [0.15, 0.2) is 0 Å². The Labute approximate surface area is 207 Å². The molecule has 1 saturated heterocycles. The third-order valence-corrected chi connectivity index (χ3v) is 6.94. The number of benzene rings is 3. The lowest BCUT2D eigenvalue weighted by Gasteiger charge is -2.36. The molecule has 4 rings (SSSR count). The molecule has 0 unspecified atom stereocenters. The molecule has 0 bridgehead atoms. The highest BCUT2D eigenvalue weighted by atomic mass is 32.2. The van der Waals surface area contributed by atoms with Crippen LogP contribution in [0.25, 0.3) is 0 Å². The van der Waals surface area contributed by atoms with E-state index in [2.05, 4.69) is 60.7 Å². The minimum atomic E-state index is 0.0802. The van der Waals surface area contributed by atoms with E-state index in [1.807, 2.05) is 47.4 Å². The number of rotatable bonds is 6. The molecule has 0 aromatic heterocycles. The Bertz CT molecular complexity index is 1120. The van der Waals surface area contributed by atoms with Crippen molar-refractivity contribution in [2.45, 2.75) is 31.1 Å². The van der Waals surface area contributed by atoms with Gasteiger partial charge in [0.1, 0.15) is 5.75 Å². The highest BCUT2D eigenvalue weighted by molar-refractivity contribution is 8.00. The quantitative estimate of drug-likeness (QED) is 0.438. The van der Waals surface area contributed by atoms with Gasteiger partial charge in [-0.3, -0.25) is 4.79 Å². The third kappa shape index (κ3) is 5.68. The summed E-state index contributed by atoms with van der Waals surface area (Å²) in [5.41, 5.74) is 4.29. The van der Waals surface area contributed by atoms with Gasteiger partial charge in [-0.05, 0) is 65.4 Å². The molecule has 1 heterocycles. The summed E-state index contributed by atoms with van der Waals surface area (Å²) in [6, 6.07) is 24.4. The minimum Gasteiger partial charge on any atom is -0.495 e. The van der Waals surface area contributed by atoms with Crippen LogP contribution in [0.5, 0.6) is 5.75 Å². The summed E-state index contributed by atoms with van der Waals surface area (Å²) >= 11 is 1.52. The molecule has 1 N–H and O–H groups in total. The van der Waals surface area contributed by atoms with Crippen LogP contribution in [0.1, 0.15) is 36.7 Å². The van der Waals surface area contributed by atoms with Gasteiger partial charge in [-0.1, -0.05) is 51.1 Å². The smallest absolute Gasteiger partial charge is 0.254 e. The summed E-state index contributed by atoms with van der Waals surface area (Å²) in [5, 5.41) is 0. The number of nitrogens with one attached hydrogen (secondary N) is 1. The molecule has 1 fully saturated rings. The first-order valence-corrected chi connectivity index (χ1v) is 12.5. The molecule has 1 aliphatic rings. The van der Waals surface area contributed by atoms with Crippen LogP contribution in [0.4, 0.5) is 11.4 Å². The van der Waals surface area contributed by atoms with E-state index in [9.17, 15) is 4.79 Å². The molecule has 34 heavy (non-hydrogen) atoms. The lowest BCUT2D eigenvalue weighted by atomic mass is 9.87. The van der Waals surface area contributed by atoms with Crippen LogP contribution in [0, 0.1) is 0 Å². The van der Waals surface area contributed by atoms with Crippen LogP contribution in [0.2, 0.25) is 0 Å². The third-order valence-electron chi connectivity index (χ3n) is 6.11. The number of para-hydroxylation sites is 2. The van der Waals surface area contributed by atoms with E-state index in [0.717, 1.165) is 40.7 Å². The van der Waals surface area contributed by atoms with Crippen molar-refractivity contribution in [2.75, 3.05) is 42.9 Å². The Morgan fingerprint density at radius 1 is 0.912 bits per heavy atom. The first-order valence-electron chi connectivity index (χ1n) is 11.7. The van der Waals surface area contributed by atoms with Crippen LogP contribution >= 0.6 is 11.9 Å². The molecule has 0 radical (unpaired) electrons. The summed E-state index contributed by atoms with van der Waals surface area (Å²) in [5.74, 6) is 0.948. The Hall–Kier alpha value is -3.12. The van der Waals surface area contributed by atoms with Gasteiger partial charge in [0.25, 0.3) is 5.91 Å². The molecule has 0 aliphatic carbocycles. The summed E-state index contributed by atoms with van der Waals surface area (Å²) in [6.07, 6.45) is 0. The Morgan fingerprint density at radius 2 is 1.62 bits per heavy atom. The zero-order chi connectivity index (χ0) is 24.1. The maximum absolute atomic E-state index is 13.2. The van der Waals surface area contributed by atoms with Crippen LogP contribution in [0.15, 0.2) is 77.7 Å². The Balaban J connectivity index is 1.35. The van der Waals surface area contributed by atoms with Gasteiger partial charge in [0.05, 0.1) is 12.8 Å². The number of ether oxygens (including phenoxy) is 1. The van der Waals surface area contributed by atoms with E-state index in [0.29, 0.717) is 13.1 Å². The minimum absolute atomic E-state index is 0.0802. The van der Waals surface area contributed by atoms with Crippen molar-refractivity contribution >= 4 is 29.2 Å². The van der Waals surface area contributed by atoms with Crippen LogP contribution in [-0.2, 0) is 5.41 Å². The highest BCUT2D eigenvalue weighted by Gasteiger charge is 2.24. The summed E-state index contributed by atoms with van der Waals surface area (Å²) < 4.78 is 8.89. The Kier molecular flexibility index (Phi) is 7.37. The number of nitrogens with zero attached hydrogens (tertiary/aromatic N) is 2. The zero-order valence-corrected chi connectivity index (χ0v) is 21.2. The monoisotopic (exact) mass is 475 g/mol. The van der Waals surface area contributed by atoms with Crippen molar-refractivity contribution in [3.05, 3.63) is 83.9 Å². The number of piperazine rings is 1. The van der Waals surface area contributed by atoms with Gasteiger partial charge >= 0.3 is 0 Å². The number of anilines is 2. The zero-order valence-electron chi connectivity index (χ0n) is 20.4. The number of carbonyl (C=O) groups is 1. The maximum atomic E-state index is 13.2. The predicted molar refractivity (Wildman–Crippen MR) is 142 cm³/mol. The molecule has 0 atom stereocenters. The fraction of sp³-hybridized carbons (Fsp3) is 0.321. The van der Waals surface area contributed by atoms with Crippen LogP contribution in [-0.4, -0.2) is 44.1 Å². The molecular weight excluding hydrogens is 442 g/mol. The van der Waals surface area contributed by atoms with E-state index < -0.39 is 0 Å². The summed E-state index contributed by atoms with van der Waals surface area (Å²) in [7, 11) is 1.69. The molecule has 1 aliphatic heterocycles. The van der Waals surface area contributed by atoms with Crippen molar-refractivity contribution in [1.82, 2.24) is 4.90 Å². The SMILES string of the molecule is COc1ccccc1N1CCN(C(=O)c2cccc(SNc3ccc(C(C)(C)C)cc3)c2)CC1. The van der Waals surface area contributed by atoms with E-state index in [1.54, 1.807) is 7.11 Å². The number of hydrogen-bond acceptors (Lipinski definition) is 5. The standard InChI is InChI=1S/C28H33N3O2S/c1-28(2,3)22-12-14-23(15-13-22)29-34-24-9-7-8-21(20-24)27(32)31-18-16-30(17-19-31)25-10-5-6-11-26(25)33-4/h5-15,20,29H,16-19H2,1-4H3. The average molecular weight is 476 g/mol. The van der Waals surface area contributed by atoms with E-state index in [-0.39, 0.29) is 11.3 Å². The number of methoxy groups -OCH3 is 1. The van der Waals surface area contributed by atoms with Crippen molar-refractivity contribution < 1.29 is 9.53 Å². The van der Waals surface area contributed by atoms with Crippen LogP contribution < -0.4 is 14.4 Å². The molecule has 178 valence electrons. The molecule has 6 heteroatoms. The van der Waals surface area contributed by atoms with Gasteiger partial charge < -0.3 is 19.3 Å². The molecule has 3 aromatic carbocycles. The van der Waals surface area contributed by atoms with Gasteiger partial charge in [-0.15, -0.1) is 0 Å². The second-order valence-electron chi connectivity index (χ2n) is 9.51. The van der Waals surface area contributed by atoms with E-state index >= 15 is 0 Å². The topological polar surface area (TPSA) is 44.8 Å². The molecule has 0 spiro atoms. The number of amides is 1. The fourth-order valence-corrected chi connectivity index (χ4v) is 4.78.